The van der Waals surface area contributed by atoms with Crippen LogP contribution < -0.4 is 9.47 Å². The third-order valence-electron chi connectivity index (χ3n) is 5.65. The van der Waals surface area contributed by atoms with Gasteiger partial charge in [0.15, 0.2) is 11.5 Å². The second-order valence-electron chi connectivity index (χ2n) is 7.28. The molecule has 0 bridgehead atoms. The Morgan fingerprint density at radius 1 is 0.433 bits per heavy atom. The Hall–Kier alpha value is -3.78. The number of benzene rings is 5. The summed E-state index contributed by atoms with van der Waals surface area (Å²) in [6, 6.07) is 34.0. The maximum atomic E-state index is 5.67. The number of ether oxygens (including phenoxy) is 2. The van der Waals surface area contributed by atoms with Crippen molar-refractivity contribution >= 4 is 21.5 Å². The van der Waals surface area contributed by atoms with Gasteiger partial charge in [0.2, 0.25) is 0 Å². The van der Waals surface area contributed by atoms with E-state index < -0.39 is 0 Å². The Morgan fingerprint density at radius 2 is 0.800 bits per heavy atom. The molecule has 5 aromatic carbocycles. The van der Waals surface area contributed by atoms with E-state index in [1.54, 1.807) is 14.2 Å². The minimum atomic E-state index is 0.733. The minimum absolute atomic E-state index is 0.733. The molecule has 2 nitrogen and oxygen atoms in total. The molecule has 0 aliphatic carbocycles. The molecule has 0 saturated heterocycles. The quantitative estimate of drug-likeness (QED) is 0.299. The lowest BCUT2D eigenvalue weighted by Gasteiger charge is -2.19. The molecule has 0 atom stereocenters. The van der Waals surface area contributed by atoms with E-state index in [9.17, 15) is 0 Å². The van der Waals surface area contributed by atoms with Crippen molar-refractivity contribution in [3.05, 3.63) is 97.1 Å². The van der Waals surface area contributed by atoms with Gasteiger partial charge in [0.05, 0.1) is 14.2 Å². The standard InChI is InChI=1S/C28H22O2/c1-29-25-17-23-24(18-26(25)30-2)28(20-13-7-4-8-14-20)22-16-10-9-15-21(22)27(23)19-11-5-3-6-12-19/h3-18H,1-2H3. The highest BCUT2D eigenvalue weighted by atomic mass is 16.5. The molecule has 0 heterocycles. The Morgan fingerprint density at radius 3 is 1.17 bits per heavy atom. The van der Waals surface area contributed by atoms with Crippen LogP contribution in [0.4, 0.5) is 0 Å². The number of hydrogen-bond donors (Lipinski definition) is 0. The van der Waals surface area contributed by atoms with Gasteiger partial charge in [-0.05, 0) is 55.9 Å². The smallest absolute Gasteiger partial charge is 0.161 e. The van der Waals surface area contributed by atoms with E-state index in [1.165, 1.54) is 33.0 Å². The monoisotopic (exact) mass is 390 g/mol. The van der Waals surface area contributed by atoms with Crippen LogP contribution in [0.15, 0.2) is 97.1 Å². The van der Waals surface area contributed by atoms with Crippen molar-refractivity contribution in [2.45, 2.75) is 0 Å². The number of rotatable bonds is 4. The first-order valence-electron chi connectivity index (χ1n) is 10.0. The lowest BCUT2D eigenvalue weighted by Crippen LogP contribution is -1.95. The molecule has 0 N–H and O–H groups in total. The number of fused-ring (bicyclic) bond motifs is 2. The summed E-state index contributed by atoms with van der Waals surface area (Å²) in [5.74, 6) is 1.47. The normalized spacial score (nSPS) is 11.0. The zero-order valence-corrected chi connectivity index (χ0v) is 17.1. The molecule has 0 aliphatic rings. The Labute approximate surface area is 176 Å². The molecule has 0 unspecified atom stereocenters. The van der Waals surface area contributed by atoms with Gasteiger partial charge < -0.3 is 9.47 Å². The van der Waals surface area contributed by atoms with E-state index in [1.807, 2.05) is 0 Å². The van der Waals surface area contributed by atoms with Gasteiger partial charge in [-0.15, -0.1) is 0 Å². The van der Waals surface area contributed by atoms with Crippen LogP contribution in [0.3, 0.4) is 0 Å². The van der Waals surface area contributed by atoms with Gasteiger partial charge >= 0.3 is 0 Å². The molecule has 0 aliphatic heterocycles. The fraction of sp³-hybridized carbons (Fsp3) is 0.0714. The molecular weight excluding hydrogens is 368 g/mol. The summed E-state index contributed by atoms with van der Waals surface area (Å²) in [6.45, 7) is 0. The molecule has 30 heavy (non-hydrogen) atoms. The summed E-state index contributed by atoms with van der Waals surface area (Å²) in [5, 5.41) is 4.75. The van der Waals surface area contributed by atoms with Gasteiger partial charge in [0.25, 0.3) is 0 Å². The van der Waals surface area contributed by atoms with E-state index >= 15 is 0 Å². The molecule has 5 rings (SSSR count). The third-order valence-corrected chi connectivity index (χ3v) is 5.65. The maximum Gasteiger partial charge on any atom is 0.161 e. The molecule has 146 valence electrons. The van der Waals surface area contributed by atoms with Crippen LogP contribution in [0, 0.1) is 0 Å². The molecular formula is C28H22O2. The van der Waals surface area contributed by atoms with E-state index in [2.05, 4.69) is 97.1 Å². The van der Waals surface area contributed by atoms with Gasteiger partial charge in [-0.2, -0.15) is 0 Å². The molecule has 0 aromatic heterocycles. The lowest BCUT2D eigenvalue weighted by molar-refractivity contribution is 0.356. The third kappa shape index (κ3) is 2.89. The second kappa shape index (κ2) is 7.57. The predicted octanol–water partition coefficient (Wildman–Crippen LogP) is 7.34. The van der Waals surface area contributed by atoms with Crippen LogP contribution in [0.1, 0.15) is 0 Å². The summed E-state index contributed by atoms with van der Waals surface area (Å²) in [4.78, 5) is 0. The topological polar surface area (TPSA) is 18.5 Å². The van der Waals surface area contributed by atoms with E-state index in [0.29, 0.717) is 0 Å². The van der Waals surface area contributed by atoms with Crippen molar-refractivity contribution in [1.82, 2.24) is 0 Å². The van der Waals surface area contributed by atoms with Gasteiger partial charge in [-0.3, -0.25) is 0 Å². The highest BCUT2D eigenvalue weighted by Gasteiger charge is 2.19. The molecule has 0 fully saturated rings. The summed E-state index contributed by atoms with van der Waals surface area (Å²) in [5.41, 5.74) is 4.79. The van der Waals surface area contributed by atoms with E-state index in [0.717, 1.165) is 22.3 Å². The zero-order valence-electron chi connectivity index (χ0n) is 17.1. The zero-order chi connectivity index (χ0) is 20.5. The highest BCUT2D eigenvalue weighted by molar-refractivity contribution is 6.21. The van der Waals surface area contributed by atoms with E-state index in [4.69, 9.17) is 9.47 Å². The van der Waals surface area contributed by atoms with Crippen LogP contribution >= 0.6 is 0 Å². The van der Waals surface area contributed by atoms with Crippen molar-refractivity contribution in [3.63, 3.8) is 0 Å². The summed E-state index contributed by atoms with van der Waals surface area (Å²) in [6.07, 6.45) is 0. The van der Waals surface area contributed by atoms with Crippen molar-refractivity contribution in [2.75, 3.05) is 14.2 Å². The average molecular weight is 390 g/mol. The van der Waals surface area contributed by atoms with Crippen LogP contribution in [-0.4, -0.2) is 14.2 Å². The van der Waals surface area contributed by atoms with Crippen LogP contribution in [0.2, 0.25) is 0 Å². The molecule has 0 amide bonds. The summed E-state index contributed by atoms with van der Waals surface area (Å²) >= 11 is 0. The van der Waals surface area contributed by atoms with Crippen molar-refractivity contribution in [3.8, 4) is 33.8 Å². The van der Waals surface area contributed by atoms with Gasteiger partial charge in [-0.1, -0.05) is 84.9 Å². The molecule has 5 aromatic rings. The van der Waals surface area contributed by atoms with Gasteiger partial charge in [0, 0.05) is 0 Å². The first-order valence-corrected chi connectivity index (χ1v) is 10.0. The van der Waals surface area contributed by atoms with Crippen molar-refractivity contribution in [1.29, 1.82) is 0 Å². The van der Waals surface area contributed by atoms with Crippen LogP contribution in [-0.2, 0) is 0 Å². The Balaban J connectivity index is 2.04. The molecule has 0 radical (unpaired) electrons. The fourth-order valence-corrected chi connectivity index (χ4v) is 4.33. The summed E-state index contributed by atoms with van der Waals surface area (Å²) < 4.78 is 11.3. The van der Waals surface area contributed by atoms with Crippen molar-refractivity contribution < 1.29 is 9.47 Å². The molecule has 0 saturated carbocycles. The van der Waals surface area contributed by atoms with Gasteiger partial charge in [-0.25, -0.2) is 0 Å². The molecule has 0 spiro atoms. The number of methoxy groups -OCH3 is 2. The fourth-order valence-electron chi connectivity index (χ4n) is 4.33. The first-order chi connectivity index (χ1) is 14.8. The summed E-state index contributed by atoms with van der Waals surface area (Å²) in [7, 11) is 3.37. The highest BCUT2D eigenvalue weighted by Crippen LogP contribution is 2.46. The number of hydrogen-bond acceptors (Lipinski definition) is 2. The first kappa shape index (κ1) is 18.3. The largest absolute Gasteiger partial charge is 0.493 e. The van der Waals surface area contributed by atoms with Gasteiger partial charge in [0.1, 0.15) is 0 Å². The van der Waals surface area contributed by atoms with Crippen LogP contribution in [0.5, 0.6) is 11.5 Å². The Bertz CT molecular complexity index is 1230. The average Bonchev–Trinajstić information content (AvgIpc) is 2.82. The lowest BCUT2D eigenvalue weighted by atomic mass is 9.86. The second-order valence-corrected chi connectivity index (χ2v) is 7.28. The van der Waals surface area contributed by atoms with E-state index in [-0.39, 0.29) is 0 Å². The maximum absolute atomic E-state index is 5.67. The van der Waals surface area contributed by atoms with Crippen molar-refractivity contribution in [2.24, 2.45) is 0 Å². The van der Waals surface area contributed by atoms with Crippen LogP contribution in [0.25, 0.3) is 43.8 Å². The Kier molecular flexibility index (Phi) is 4.61. The molecule has 2 heteroatoms. The minimum Gasteiger partial charge on any atom is -0.493 e. The predicted molar refractivity (Wildman–Crippen MR) is 125 cm³/mol. The SMILES string of the molecule is COc1cc2c(-c3ccccc3)c3ccccc3c(-c3ccccc3)c2cc1OC.